The Morgan fingerprint density at radius 2 is 1.93 bits per heavy atom. The van der Waals surface area contributed by atoms with Crippen molar-refractivity contribution in [3.05, 3.63) is 56.9 Å². The number of β-amino-alcohol motifs (C(OH)–C–C–N with tert-alkyl or cyclic N) is 1. The predicted molar refractivity (Wildman–Crippen MR) is 108 cm³/mol. The van der Waals surface area contributed by atoms with E-state index in [-0.39, 0.29) is 24.3 Å². The number of halogens is 4. The summed E-state index contributed by atoms with van der Waals surface area (Å²) in [4.78, 5) is 14.1. The highest BCUT2D eigenvalue weighted by Crippen LogP contribution is 2.32. The van der Waals surface area contributed by atoms with Gasteiger partial charge in [0.15, 0.2) is 11.6 Å². The Morgan fingerprint density at radius 3 is 2.57 bits per heavy atom. The molecule has 2 aromatic carbocycles. The molecular formula is C19H19F3IN3O2. The Bertz CT molecular complexity index is 904. The van der Waals surface area contributed by atoms with Crippen LogP contribution < -0.4 is 10.6 Å². The molecule has 5 nitrogen and oxygen atoms in total. The average Bonchev–Trinajstić information content (AvgIpc) is 2.63. The molecule has 2 aromatic rings. The van der Waals surface area contributed by atoms with Crippen molar-refractivity contribution < 1.29 is 23.1 Å². The maximum absolute atomic E-state index is 14.4. The molecule has 9 heteroatoms. The van der Waals surface area contributed by atoms with E-state index in [4.69, 9.17) is 0 Å². The van der Waals surface area contributed by atoms with Gasteiger partial charge in [-0.05, 0) is 72.9 Å². The second-order valence-corrected chi connectivity index (χ2v) is 8.02. The second kappa shape index (κ2) is 8.26. The van der Waals surface area contributed by atoms with Gasteiger partial charge >= 0.3 is 0 Å². The van der Waals surface area contributed by atoms with E-state index in [1.165, 1.54) is 17.0 Å². The third-order valence-corrected chi connectivity index (χ3v) is 5.28. The van der Waals surface area contributed by atoms with Gasteiger partial charge in [-0.1, -0.05) is 0 Å². The number of benzene rings is 2. The van der Waals surface area contributed by atoms with Crippen molar-refractivity contribution in [1.29, 1.82) is 0 Å². The molecule has 0 radical (unpaired) electrons. The first-order chi connectivity index (χ1) is 13.2. The zero-order chi connectivity index (χ0) is 20.5. The summed E-state index contributed by atoms with van der Waals surface area (Å²) in [6, 6.07) is 6.22. The van der Waals surface area contributed by atoms with Crippen LogP contribution in [0, 0.1) is 21.0 Å². The molecule has 0 unspecified atom stereocenters. The molecule has 0 saturated carbocycles. The number of hydrogen-bond acceptors (Lipinski definition) is 4. The minimum absolute atomic E-state index is 0.0758. The number of aliphatic hydroxyl groups is 1. The van der Waals surface area contributed by atoms with Crippen LogP contribution >= 0.6 is 22.6 Å². The number of nitrogens with one attached hydrogen (secondary N) is 2. The molecule has 1 fully saturated rings. The van der Waals surface area contributed by atoms with E-state index < -0.39 is 34.6 Å². The lowest BCUT2D eigenvalue weighted by Crippen LogP contribution is -2.64. The molecule has 0 aliphatic carbocycles. The van der Waals surface area contributed by atoms with E-state index in [1.807, 2.05) is 22.6 Å². The number of rotatable bonds is 6. The van der Waals surface area contributed by atoms with Crippen LogP contribution in [0.2, 0.25) is 0 Å². The number of hydrogen-bond donors (Lipinski definition) is 3. The van der Waals surface area contributed by atoms with E-state index >= 15 is 0 Å². The molecule has 0 bridgehead atoms. The Morgan fingerprint density at radius 1 is 1.21 bits per heavy atom. The van der Waals surface area contributed by atoms with Gasteiger partial charge in [0.1, 0.15) is 11.4 Å². The van der Waals surface area contributed by atoms with Crippen LogP contribution in [0.4, 0.5) is 24.5 Å². The van der Waals surface area contributed by atoms with Gasteiger partial charge in [-0.15, -0.1) is 0 Å². The van der Waals surface area contributed by atoms with Crippen molar-refractivity contribution in [2.75, 3.05) is 32.0 Å². The summed E-state index contributed by atoms with van der Waals surface area (Å²) in [6.07, 6.45) is 0.462. The lowest BCUT2D eigenvalue weighted by atomic mass is 9.89. The maximum Gasteiger partial charge on any atom is 0.256 e. The molecule has 3 N–H and O–H groups in total. The monoisotopic (exact) mass is 505 g/mol. The van der Waals surface area contributed by atoms with Gasteiger partial charge in [0.25, 0.3) is 5.91 Å². The SMILES string of the molecule is CNCCC1(O)CN(C(=O)c2ccc(F)c(F)c2Nc2ccc(I)cc2F)C1. The molecule has 0 aromatic heterocycles. The zero-order valence-electron chi connectivity index (χ0n) is 15.0. The van der Waals surface area contributed by atoms with E-state index in [2.05, 4.69) is 10.6 Å². The highest BCUT2D eigenvalue weighted by Gasteiger charge is 2.43. The van der Waals surface area contributed by atoms with Gasteiger partial charge in [0.05, 0.1) is 30.0 Å². The minimum Gasteiger partial charge on any atom is -0.386 e. The molecular weight excluding hydrogens is 486 g/mol. The number of amides is 1. The zero-order valence-corrected chi connectivity index (χ0v) is 17.2. The van der Waals surface area contributed by atoms with Gasteiger partial charge in [0, 0.05) is 3.57 Å². The number of likely N-dealkylation sites (tertiary alicyclic amines) is 1. The Balaban J connectivity index is 1.86. The molecule has 28 heavy (non-hydrogen) atoms. The predicted octanol–water partition coefficient (Wildman–Crippen LogP) is 3.25. The first kappa shape index (κ1) is 20.9. The molecule has 0 spiro atoms. The Labute approximate surface area is 174 Å². The summed E-state index contributed by atoms with van der Waals surface area (Å²) in [5, 5.41) is 15.8. The number of carbonyl (C=O) groups is 1. The summed E-state index contributed by atoms with van der Waals surface area (Å²) >= 11 is 1.93. The molecule has 3 rings (SSSR count). The summed E-state index contributed by atoms with van der Waals surface area (Å²) in [6.45, 7) is 0.760. The van der Waals surface area contributed by atoms with Crippen molar-refractivity contribution in [2.45, 2.75) is 12.0 Å². The van der Waals surface area contributed by atoms with Crippen molar-refractivity contribution in [3.8, 4) is 0 Å². The average molecular weight is 505 g/mol. The van der Waals surface area contributed by atoms with Crippen LogP contribution in [0.1, 0.15) is 16.8 Å². The third-order valence-electron chi connectivity index (χ3n) is 4.61. The third kappa shape index (κ3) is 4.26. The molecule has 1 saturated heterocycles. The molecule has 1 aliphatic rings. The fourth-order valence-corrected chi connectivity index (χ4v) is 3.52. The quantitative estimate of drug-likeness (QED) is 0.528. The molecule has 1 aliphatic heterocycles. The lowest BCUT2D eigenvalue weighted by molar-refractivity contribution is -0.0848. The Hall–Kier alpha value is -1.85. The van der Waals surface area contributed by atoms with E-state index in [0.717, 1.165) is 12.1 Å². The molecule has 1 amide bonds. The molecule has 0 atom stereocenters. The highest BCUT2D eigenvalue weighted by molar-refractivity contribution is 14.1. The normalized spacial score (nSPS) is 15.3. The fourth-order valence-electron chi connectivity index (χ4n) is 3.07. The van der Waals surface area contributed by atoms with Gasteiger partial charge in [-0.2, -0.15) is 0 Å². The summed E-state index contributed by atoms with van der Waals surface area (Å²) in [7, 11) is 1.76. The van der Waals surface area contributed by atoms with Gasteiger partial charge in [-0.3, -0.25) is 4.79 Å². The van der Waals surface area contributed by atoms with Crippen LogP contribution in [0.25, 0.3) is 0 Å². The van der Waals surface area contributed by atoms with Gasteiger partial charge in [-0.25, -0.2) is 13.2 Å². The van der Waals surface area contributed by atoms with Crippen LogP contribution in [0.3, 0.4) is 0 Å². The first-order valence-electron chi connectivity index (χ1n) is 8.60. The van der Waals surface area contributed by atoms with Crippen molar-refractivity contribution in [1.82, 2.24) is 10.2 Å². The summed E-state index contributed by atoms with van der Waals surface area (Å²) in [5.74, 6) is -3.64. The topological polar surface area (TPSA) is 64.6 Å². The number of carbonyl (C=O) groups excluding carboxylic acids is 1. The van der Waals surface area contributed by atoms with Crippen LogP contribution in [0.15, 0.2) is 30.3 Å². The molecule has 1 heterocycles. The van der Waals surface area contributed by atoms with Gasteiger partial charge < -0.3 is 20.6 Å². The first-order valence-corrected chi connectivity index (χ1v) is 9.68. The number of anilines is 2. The standard InChI is InChI=1S/C19H19F3IN3O2/c1-24-7-6-19(28)9-26(10-19)18(27)12-3-4-13(20)16(22)17(12)25-15-5-2-11(23)8-14(15)21/h2-5,8,24-25,28H,6-7,9-10H2,1H3. The molecule has 150 valence electrons. The van der Waals surface area contributed by atoms with Gasteiger partial charge in [0.2, 0.25) is 0 Å². The van der Waals surface area contributed by atoms with E-state index in [1.54, 1.807) is 13.1 Å². The second-order valence-electron chi connectivity index (χ2n) is 6.77. The van der Waals surface area contributed by atoms with E-state index in [9.17, 15) is 23.1 Å². The van der Waals surface area contributed by atoms with Crippen LogP contribution in [-0.4, -0.2) is 48.2 Å². The van der Waals surface area contributed by atoms with Crippen molar-refractivity contribution in [3.63, 3.8) is 0 Å². The minimum atomic E-state index is -1.27. The summed E-state index contributed by atoms with van der Waals surface area (Å²) < 4.78 is 43.0. The smallest absolute Gasteiger partial charge is 0.256 e. The fraction of sp³-hybridized carbons (Fsp3) is 0.316. The van der Waals surface area contributed by atoms with Crippen molar-refractivity contribution in [2.24, 2.45) is 0 Å². The van der Waals surface area contributed by atoms with Crippen LogP contribution in [0.5, 0.6) is 0 Å². The largest absolute Gasteiger partial charge is 0.386 e. The highest BCUT2D eigenvalue weighted by atomic mass is 127. The van der Waals surface area contributed by atoms with Crippen LogP contribution in [-0.2, 0) is 0 Å². The lowest BCUT2D eigenvalue weighted by Gasteiger charge is -2.46. The van der Waals surface area contributed by atoms with E-state index in [0.29, 0.717) is 16.5 Å². The maximum atomic E-state index is 14.4. The summed E-state index contributed by atoms with van der Waals surface area (Å²) in [5.41, 5.74) is -1.65. The van der Waals surface area contributed by atoms with Crippen molar-refractivity contribution >= 4 is 39.9 Å². The number of nitrogens with zero attached hydrogens (tertiary/aromatic N) is 1. The Kier molecular flexibility index (Phi) is 6.15.